The topological polar surface area (TPSA) is 124 Å². The maximum atomic E-state index is 14.7. The van der Waals surface area contributed by atoms with Crippen LogP contribution in [0.3, 0.4) is 0 Å². The zero-order valence-corrected chi connectivity index (χ0v) is 21.8. The molecule has 0 aliphatic heterocycles. The van der Waals surface area contributed by atoms with Crippen LogP contribution in [0.4, 0.5) is 15.8 Å². The maximum Gasteiger partial charge on any atom is 0.337 e. The largest absolute Gasteiger partial charge is 0.352 e. The lowest BCUT2D eigenvalue weighted by Crippen LogP contribution is -2.41. The van der Waals surface area contributed by atoms with Crippen LogP contribution in [-0.2, 0) is 17.1 Å². The highest BCUT2D eigenvalue weighted by molar-refractivity contribution is 7.89. The number of nitrogens with zero attached hydrogens (tertiary/aromatic N) is 3. The third-order valence-corrected chi connectivity index (χ3v) is 8.02. The van der Waals surface area contributed by atoms with E-state index in [9.17, 15) is 27.2 Å². The summed E-state index contributed by atoms with van der Waals surface area (Å²) >= 11 is 0. The Hall–Kier alpha value is -3.97. The zero-order valence-electron chi connectivity index (χ0n) is 21.0. The molecular formula is C25H25BFN5O5S. The summed E-state index contributed by atoms with van der Waals surface area (Å²) < 4.78 is 45.9. The molecule has 13 heteroatoms. The van der Waals surface area contributed by atoms with Gasteiger partial charge in [-0.15, -0.1) is 0 Å². The summed E-state index contributed by atoms with van der Waals surface area (Å²) in [6.07, 6.45) is 1.24. The number of sulfonamides is 1. The molecule has 2 N–H and O–H groups in total. The predicted molar refractivity (Wildman–Crippen MR) is 146 cm³/mol. The second kappa shape index (κ2) is 9.41. The molecule has 1 aliphatic rings. The Labute approximate surface area is 217 Å². The van der Waals surface area contributed by atoms with Gasteiger partial charge in [-0.2, -0.15) is 0 Å². The van der Waals surface area contributed by atoms with Crippen molar-refractivity contribution in [2.45, 2.75) is 30.7 Å². The van der Waals surface area contributed by atoms with Gasteiger partial charge in [0.1, 0.15) is 24.7 Å². The zero-order chi connectivity index (χ0) is 27.4. The number of fused-ring (bicyclic) bond motifs is 1. The van der Waals surface area contributed by atoms with Crippen LogP contribution in [0, 0.1) is 5.82 Å². The molecule has 4 aromatic rings. The van der Waals surface area contributed by atoms with Crippen LogP contribution >= 0.6 is 0 Å². The van der Waals surface area contributed by atoms with E-state index in [0.29, 0.717) is 18.3 Å². The van der Waals surface area contributed by atoms with Gasteiger partial charge in [-0.1, -0.05) is 24.5 Å². The van der Waals surface area contributed by atoms with Crippen molar-refractivity contribution >= 4 is 45.7 Å². The summed E-state index contributed by atoms with van der Waals surface area (Å²) in [6, 6.07) is 11.1. The van der Waals surface area contributed by atoms with Crippen molar-refractivity contribution in [2.24, 2.45) is 7.05 Å². The summed E-state index contributed by atoms with van der Waals surface area (Å²) in [5.74, 6) is -0.573. The van der Waals surface area contributed by atoms with E-state index < -0.39 is 32.6 Å². The fourth-order valence-electron chi connectivity index (χ4n) is 4.48. The fraction of sp³-hybridized carbons (Fsp3) is 0.240. The van der Waals surface area contributed by atoms with Crippen LogP contribution in [0.2, 0.25) is 0 Å². The van der Waals surface area contributed by atoms with Gasteiger partial charge in [0.15, 0.2) is 0 Å². The van der Waals surface area contributed by atoms with E-state index in [1.807, 2.05) is 0 Å². The Morgan fingerprint density at radius 3 is 2.45 bits per heavy atom. The molecule has 38 heavy (non-hydrogen) atoms. The summed E-state index contributed by atoms with van der Waals surface area (Å²) in [4.78, 5) is 40.4. The minimum atomic E-state index is -3.86. The normalized spacial score (nSPS) is 13.7. The van der Waals surface area contributed by atoms with Crippen molar-refractivity contribution in [2.75, 3.05) is 11.9 Å². The average Bonchev–Trinajstić information content (AvgIpc) is 3.69. The number of halogens is 1. The van der Waals surface area contributed by atoms with Gasteiger partial charge in [-0.3, -0.25) is 18.7 Å². The van der Waals surface area contributed by atoms with Gasteiger partial charge in [-0.25, -0.2) is 26.9 Å². The monoisotopic (exact) mass is 537 g/mol. The van der Waals surface area contributed by atoms with Crippen molar-refractivity contribution in [1.82, 2.24) is 18.4 Å². The first-order chi connectivity index (χ1) is 18.0. The number of rotatable bonds is 7. The number of aromatic nitrogens is 3. The van der Waals surface area contributed by atoms with Gasteiger partial charge >= 0.3 is 5.69 Å². The standard InChI is InChI=1S/C25H25BFN5O5S/c1-3-28-38(36,37)17-6-4-5-16(12-17)31-23-22(24(34)32(25(31)35)15-8-9-15)20(13-21(33)30(23)2)29-19-10-7-14(26)11-18(19)27/h4-7,10-13,15,28-29H,3,8-9,26H2,1-2H3. The molecule has 0 bridgehead atoms. The number of hydrogen-bond acceptors (Lipinski definition) is 6. The molecule has 0 spiro atoms. The van der Waals surface area contributed by atoms with Crippen LogP contribution < -0.4 is 32.3 Å². The van der Waals surface area contributed by atoms with Crippen molar-refractivity contribution in [3.8, 4) is 5.69 Å². The molecule has 0 amide bonds. The van der Waals surface area contributed by atoms with Crippen LogP contribution in [0.25, 0.3) is 16.7 Å². The maximum absolute atomic E-state index is 14.7. The third-order valence-electron chi connectivity index (χ3n) is 6.48. The molecule has 5 rings (SSSR count). The highest BCUT2D eigenvalue weighted by atomic mass is 32.2. The first kappa shape index (κ1) is 25.7. The molecule has 0 saturated heterocycles. The van der Waals surface area contributed by atoms with E-state index in [1.165, 1.54) is 49.5 Å². The summed E-state index contributed by atoms with van der Waals surface area (Å²) in [7, 11) is -0.713. The van der Waals surface area contributed by atoms with Gasteiger partial charge < -0.3 is 5.32 Å². The van der Waals surface area contributed by atoms with Crippen molar-refractivity contribution in [3.63, 3.8) is 0 Å². The number of aryl methyl sites for hydroxylation is 1. The second-order valence-corrected chi connectivity index (χ2v) is 11.1. The van der Waals surface area contributed by atoms with E-state index in [2.05, 4.69) is 10.0 Å². The van der Waals surface area contributed by atoms with Crippen LogP contribution in [-0.4, -0.2) is 36.5 Å². The minimum absolute atomic E-state index is 0.00137. The summed E-state index contributed by atoms with van der Waals surface area (Å²) in [6.45, 7) is 1.81. The van der Waals surface area contributed by atoms with E-state index in [4.69, 9.17) is 0 Å². The van der Waals surface area contributed by atoms with Crippen LogP contribution in [0.15, 0.2) is 67.8 Å². The molecule has 2 heterocycles. The lowest BCUT2D eigenvalue weighted by molar-refractivity contribution is 0.583. The third kappa shape index (κ3) is 4.37. The molecule has 2 aromatic carbocycles. The highest BCUT2D eigenvalue weighted by Gasteiger charge is 2.31. The first-order valence-electron chi connectivity index (χ1n) is 12.1. The molecule has 10 nitrogen and oxygen atoms in total. The van der Waals surface area contributed by atoms with E-state index in [1.54, 1.807) is 20.8 Å². The molecule has 196 valence electrons. The van der Waals surface area contributed by atoms with Crippen molar-refractivity contribution < 1.29 is 12.8 Å². The molecule has 0 unspecified atom stereocenters. The Morgan fingerprint density at radius 1 is 1.05 bits per heavy atom. The molecule has 1 saturated carbocycles. The van der Waals surface area contributed by atoms with Crippen LogP contribution in [0.5, 0.6) is 0 Å². The summed E-state index contributed by atoms with van der Waals surface area (Å²) in [5.41, 5.74) is -0.976. The Balaban J connectivity index is 1.87. The van der Waals surface area contributed by atoms with Crippen molar-refractivity contribution in [1.29, 1.82) is 0 Å². The lowest BCUT2D eigenvalue weighted by atomic mass is 9.96. The number of nitrogens with one attached hydrogen (secondary N) is 2. The fourth-order valence-corrected chi connectivity index (χ4v) is 5.56. The molecule has 1 aliphatic carbocycles. The first-order valence-corrected chi connectivity index (χ1v) is 13.6. The van der Waals surface area contributed by atoms with E-state index >= 15 is 0 Å². The van der Waals surface area contributed by atoms with Crippen LogP contribution in [0.1, 0.15) is 25.8 Å². The molecule has 2 aromatic heterocycles. The molecule has 1 fully saturated rings. The lowest BCUT2D eigenvalue weighted by Gasteiger charge is -2.19. The van der Waals surface area contributed by atoms with Crippen molar-refractivity contribution in [3.05, 3.63) is 85.5 Å². The SMILES string of the molecule is Bc1ccc(Nc2cc(=O)n(C)c3c2c(=O)n(C2CC2)c(=O)n3-c2cccc(S(=O)(=O)NCC)c2)c(F)c1. The molecular weight excluding hydrogens is 512 g/mol. The van der Waals surface area contributed by atoms with Gasteiger partial charge in [0, 0.05) is 25.7 Å². The summed E-state index contributed by atoms with van der Waals surface area (Å²) in [5, 5.41) is 2.86. The van der Waals surface area contributed by atoms with Gasteiger partial charge in [0.2, 0.25) is 10.0 Å². The number of pyridine rings is 1. The molecule has 0 atom stereocenters. The number of benzene rings is 2. The van der Waals surface area contributed by atoms with Gasteiger partial charge in [-0.05, 0) is 43.2 Å². The number of hydrogen-bond donors (Lipinski definition) is 2. The molecule has 0 radical (unpaired) electrons. The second-order valence-electron chi connectivity index (χ2n) is 9.29. The predicted octanol–water partition coefficient (Wildman–Crippen LogP) is 0.625. The van der Waals surface area contributed by atoms with Gasteiger partial charge in [0.05, 0.1) is 22.0 Å². The Kier molecular flexibility index (Phi) is 6.36. The number of anilines is 2. The smallest absolute Gasteiger partial charge is 0.337 e. The highest BCUT2D eigenvalue weighted by Crippen LogP contribution is 2.33. The van der Waals surface area contributed by atoms with E-state index in [-0.39, 0.29) is 45.6 Å². The Bertz CT molecular complexity index is 1890. The Morgan fingerprint density at radius 2 is 1.79 bits per heavy atom. The average molecular weight is 537 g/mol. The van der Waals surface area contributed by atoms with Gasteiger partial charge in [0.25, 0.3) is 11.1 Å². The minimum Gasteiger partial charge on any atom is -0.352 e. The van der Waals surface area contributed by atoms with E-state index in [0.717, 1.165) is 13.7 Å². The quantitative estimate of drug-likeness (QED) is 0.334.